The van der Waals surface area contributed by atoms with Crippen LogP contribution in [0.4, 0.5) is 0 Å². The summed E-state index contributed by atoms with van der Waals surface area (Å²) < 4.78 is 41.7. The van der Waals surface area contributed by atoms with Crippen LogP contribution in [0.2, 0.25) is 5.02 Å². The van der Waals surface area contributed by atoms with Crippen LogP contribution < -0.4 is 15.2 Å². The summed E-state index contributed by atoms with van der Waals surface area (Å²) in [7, 11) is -2.51. The number of ether oxygens (including phenoxy) is 2. The zero-order chi connectivity index (χ0) is 26.9. The fraction of sp³-hybridized carbons (Fsp3) is 0.207. The molecule has 5 aromatic rings. The summed E-state index contributed by atoms with van der Waals surface area (Å²) in [4.78, 5) is 0.187. The Morgan fingerprint density at radius 1 is 1.00 bits per heavy atom. The number of methoxy groups -OCH3 is 1. The number of benzene rings is 4. The molecule has 0 amide bonds. The van der Waals surface area contributed by atoms with Crippen molar-refractivity contribution in [3.63, 3.8) is 0 Å². The number of rotatable bonds is 9. The molecular formula is C29H29Cl2N3O4S. The van der Waals surface area contributed by atoms with E-state index in [2.05, 4.69) is 5.10 Å². The van der Waals surface area contributed by atoms with Crippen molar-refractivity contribution in [3.8, 4) is 11.5 Å². The van der Waals surface area contributed by atoms with Crippen LogP contribution in [0, 0.1) is 0 Å². The second kappa shape index (κ2) is 11.8. The quantitative estimate of drug-likeness (QED) is 0.219. The van der Waals surface area contributed by atoms with Crippen molar-refractivity contribution in [2.45, 2.75) is 35.9 Å². The average molecular weight is 587 g/mol. The smallest absolute Gasteiger partial charge is 0.226 e. The van der Waals surface area contributed by atoms with E-state index in [-0.39, 0.29) is 34.9 Å². The molecule has 1 unspecified atom stereocenters. The van der Waals surface area contributed by atoms with E-state index in [1.807, 2.05) is 49.4 Å². The molecule has 1 atom stereocenters. The molecule has 0 radical (unpaired) electrons. The first-order valence-electron chi connectivity index (χ1n) is 12.2. The van der Waals surface area contributed by atoms with E-state index in [1.165, 1.54) is 7.11 Å². The summed E-state index contributed by atoms with van der Waals surface area (Å²) in [6, 6.07) is 23.4. The maximum Gasteiger partial charge on any atom is 0.226 e. The highest BCUT2D eigenvalue weighted by Crippen LogP contribution is 2.38. The molecule has 1 aromatic heterocycles. The van der Waals surface area contributed by atoms with Crippen LogP contribution in [-0.2, 0) is 16.4 Å². The van der Waals surface area contributed by atoms with Crippen LogP contribution in [0.5, 0.6) is 11.5 Å². The van der Waals surface area contributed by atoms with E-state index in [1.54, 1.807) is 41.1 Å². The first-order valence-corrected chi connectivity index (χ1v) is 14.1. The largest absolute Gasteiger partial charge is 0.497 e. The van der Waals surface area contributed by atoms with Crippen LogP contribution in [0.3, 0.4) is 0 Å². The van der Waals surface area contributed by atoms with Crippen molar-refractivity contribution in [1.82, 2.24) is 9.78 Å². The number of hydrogen-bond acceptors (Lipinski definition) is 6. The van der Waals surface area contributed by atoms with Crippen molar-refractivity contribution in [2.24, 2.45) is 5.73 Å². The van der Waals surface area contributed by atoms with Crippen molar-refractivity contribution >= 4 is 55.5 Å². The predicted molar refractivity (Wildman–Crippen MR) is 157 cm³/mol. The van der Waals surface area contributed by atoms with Crippen molar-refractivity contribution in [2.75, 3.05) is 13.7 Å². The Morgan fingerprint density at radius 2 is 1.74 bits per heavy atom. The van der Waals surface area contributed by atoms with Gasteiger partial charge in [0.1, 0.15) is 17.0 Å². The number of nitrogens with zero attached hydrogens (tertiary/aromatic N) is 2. The summed E-state index contributed by atoms with van der Waals surface area (Å²) in [6.07, 6.45) is 0.627. The molecule has 0 aliphatic heterocycles. The lowest BCUT2D eigenvalue weighted by atomic mass is 10.1. The zero-order valence-electron chi connectivity index (χ0n) is 21.5. The molecule has 0 aliphatic carbocycles. The van der Waals surface area contributed by atoms with E-state index in [9.17, 15) is 8.42 Å². The number of hydrogen-bond donors (Lipinski definition) is 1. The molecule has 0 spiro atoms. The van der Waals surface area contributed by atoms with Gasteiger partial charge in [0.25, 0.3) is 0 Å². The van der Waals surface area contributed by atoms with Crippen molar-refractivity contribution in [1.29, 1.82) is 0 Å². The van der Waals surface area contributed by atoms with Gasteiger partial charge in [0.15, 0.2) is 5.03 Å². The maximum atomic E-state index is 14.2. The lowest BCUT2D eigenvalue weighted by Gasteiger charge is -2.13. The van der Waals surface area contributed by atoms with Crippen LogP contribution in [0.1, 0.15) is 18.9 Å². The van der Waals surface area contributed by atoms with Gasteiger partial charge >= 0.3 is 0 Å². The minimum atomic E-state index is -4.04. The highest BCUT2D eigenvalue weighted by Gasteiger charge is 2.29. The fourth-order valence-electron chi connectivity index (χ4n) is 4.46. The molecule has 1 heterocycles. The Labute approximate surface area is 238 Å². The Balaban J connectivity index is 0.00000353. The van der Waals surface area contributed by atoms with Gasteiger partial charge in [0.05, 0.1) is 25.2 Å². The molecule has 204 valence electrons. The second-order valence-corrected chi connectivity index (χ2v) is 11.5. The minimum Gasteiger partial charge on any atom is -0.497 e. The maximum absolute atomic E-state index is 14.2. The highest BCUT2D eigenvalue weighted by molar-refractivity contribution is 7.91. The number of fused-ring (bicyclic) bond motifs is 2. The molecular weight excluding hydrogens is 557 g/mol. The third kappa shape index (κ3) is 5.84. The zero-order valence-corrected chi connectivity index (χ0v) is 23.9. The molecule has 2 N–H and O–H groups in total. The van der Waals surface area contributed by atoms with Gasteiger partial charge in [-0.15, -0.1) is 12.4 Å². The van der Waals surface area contributed by atoms with Gasteiger partial charge in [0.2, 0.25) is 9.84 Å². The van der Waals surface area contributed by atoms with Crippen molar-refractivity contribution in [3.05, 3.63) is 89.4 Å². The second-order valence-electron chi connectivity index (χ2n) is 9.21. The topological polar surface area (TPSA) is 96.4 Å². The normalized spacial score (nSPS) is 12.3. The van der Waals surface area contributed by atoms with E-state index in [0.29, 0.717) is 45.8 Å². The Morgan fingerprint density at radius 3 is 2.49 bits per heavy atom. The van der Waals surface area contributed by atoms with Gasteiger partial charge in [-0.3, -0.25) is 4.68 Å². The molecule has 0 saturated heterocycles. The third-order valence-corrected chi connectivity index (χ3v) is 8.31. The van der Waals surface area contributed by atoms with Crippen molar-refractivity contribution < 1.29 is 17.9 Å². The summed E-state index contributed by atoms with van der Waals surface area (Å²) >= 11 is 6.23. The van der Waals surface area contributed by atoms with Gasteiger partial charge < -0.3 is 15.2 Å². The first-order chi connectivity index (χ1) is 18.3. The van der Waals surface area contributed by atoms with Crippen LogP contribution in [0.25, 0.3) is 21.7 Å². The van der Waals surface area contributed by atoms with Crippen LogP contribution >= 0.6 is 24.0 Å². The summed E-state index contributed by atoms with van der Waals surface area (Å²) in [5, 5.41) is 7.06. The molecule has 39 heavy (non-hydrogen) atoms. The first kappa shape index (κ1) is 28.7. The standard InChI is InChI=1S/C29H28ClN3O4S.ClH/c1-19(31)13-14-37-26-17-23(36-2)16-25-28(26)33(18-20-7-5-10-22(30)15-20)32-29(25)38(34,35)27-12-6-9-21-8-3-4-11-24(21)27;/h3-12,15-17,19H,13-14,18,31H2,1-2H3;1H. The number of halogens is 2. The number of sulfone groups is 1. The predicted octanol–water partition coefficient (Wildman–Crippen LogP) is 6.27. The van der Waals surface area contributed by atoms with E-state index in [4.69, 9.17) is 26.8 Å². The van der Waals surface area contributed by atoms with E-state index < -0.39 is 9.84 Å². The summed E-state index contributed by atoms with van der Waals surface area (Å²) in [5.41, 5.74) is 7.35. The molecule has 0 saturated carbocycles. The average Bonchev–Trinajstić information content (AvgIpc) is 3.27. The lowest BCUT2D eigenvalue weighted by Crippen LogP contribution is -2.18. The number of nitrogens with two attached hydrogens (primary N) is 1. The van der Waals surface area contributed by atoms with E-state index in [0.717, 1.165) is 10.9 Å². The summed E-state index contributed by atoms with van der Waals surface area (Å²) in [6.45, 7) is 2.55. The molecule has 7 nitrogen and oxygen atoms in total. The third-order valence-electron chi connectivity index (χ3n) is 6.33. The highest BCUT2D eigenvalue weighted by atomic mass is 35.5. The minimum absolute atomic E-state index is 0. The van der Waals surface area contributed by atoms with Gasteiger partial charge in [-0.05, 0) is 48.6 Å². The van der Waals surface area contributed by atoms with Gasteiger partial charge in [-0.2, -0.15) is 5.10 Å². The van der Waals surface area contributed by atoms with Gasteiger partial charge in [0, 0.05) is 27.9 Å². The molecule has 0 bridgehead atoms. The SMILES string of the molecule is COc1cc(OCCC(C)N)c2c(c1)c(S(=O)(=O)c1cccc3ccccc13)nn2Cc1cccc(Cl)c1.Cl. The summed E-state index contributed by atoms with van der Waals surface area (Å²) in [5.74, 6) is 0.930. The monoisotopic (exact) mass is 585 g/mol. The Kier molecular flexibility index (Phi) is 8.71. The lowest BCUT2D eigenvalue weighted by molar-refractivity contribution is 0.301. The van der Waals surface area contributed by atoms with Gasteiger partial charge in [-0.1, -0.05) is 60.1 Å². The molecule has 10 heteroatoms. The molecule has 5 rings (SSSR count). The number of aromatic nitrogens is 2. The molecule has 4 aromatic carbocycles. The van der Waals surface area contributed by atoms with Crippen LogP contribution in [-0.4, -0.2) is 38.0 Å². The molecule has 0 aliphatic rings. The van der Waals surface area contributed by atoms with Crippen LogP contribution in [0.15, 0.2) is 88.8 Å². The van der Waals surface area contributed by atoms with Gasteiger partial charge in [-0.25, -0.2) is 8.42 Å². The fourth-order valence-corrected chi connectivity index (χ4v) is 6.27. The van der Waals surface area contributed by atoms with E-state index >= 15 is 0 Å². The molecule has 0 fully saturated rings. The Bertz CT molecular complexity index is 1730. The Hall–Kier alpha value is -3.30.